The van der Waals surface area contributed by atoms with Crippen molar-refractivity contribution in [2.24, 2.45) is 0 Å². The van der Waals surface area contributed by atoms with Crippen molar-refractivity contribution in [1.82, 2.24) is 9.80 Å². The molecule has 0 bridgehead atoms. The molecule has 2 aromatic carbocycles. The van der Waals surface area contributed by atoms with Crippen LogP contribution in [-0.4, -0.2) is 60.6 Å². The summed E-state index contributed by atoms with van der Waals surface area (Å²) in [5.74, 6) is 0.320. The van der Waals surface area contributed by atoms with E-state index in [-0.39, 0.29) is 11.7 Å². The van der Waals surface area contributed by atoms with Gasteiger partial charge in [0.2, 0.25) is 0 Å². The van der Waals surface area contributed by atoms with Crippen LogP contribution in [0.15, 0.2) is 42.5 Å². The van der Waals surface area contributed by atoms with Crippen LogP contribution in [0.2, 0.25) is 0 Å². The number of fused-ring (bicyclic) bond motifs is 1. The number of aromatic hydroxyl groups is 1. The molecule has 1 amide bonds. The molecule has 0 unspecified atom stereocenters. The lowest BCUT2D eigenvalue weighted by molar-refractivity contribution is 0.0734. The van der Waals surface area contributed by atoms with Gasteiger partial charge in [0.05, 0.1) is 0 Å². The highest BCUT2D eigenvalue weighted by Gasteiger charge is 2.22. The van der Waals surface area contributed by atoms with Gasteiger partial charge in [-0.25, -0.2) is 0 Å². The second-order valence-electron chi connectivity index (χ2n) is 8.30. The van der Waals surface area contributed by atoms with Crippen LogP contribution in [0, 0.1) is 0 Å². The van der Waals surface area contributed by atoms with E-state index in [0.717, 1.165) is 36.3 Å². The van der Waals surface area contributed by atoms with E-state index in [4.69, 9.17) is 0 Å². The molecule has 4 rings (SSSR count). The first-order chi connectivity index (χ1) is 14.1. The highest BCUT2D eigenvalue weighted by atomic mass is 16.3. The van der Waals surface area contributed by atoms with Crippen LogP contribution < -0.4 is 4.90 Å². The zero-order valence-corrected chi connectivity index (χ0v) is 17.3. The Morgan fingerprint density at radius 1 is 1.03 bits per heavy atom. The maximum Gasteiger partial charge on any atom is 0.254 e. The average Bonchev–Trinajstić information content (AvgIpc) is 2.77. The van der Waals surface area contributed by atoms with E-state index >= 15 is 0 Å². The molecule has 154 valence electrons. The molecule has 2 heterocycles. The number of anilines is 1. The van der Waals surface area contributed by atoms with E-state index < -0.39 is 0 Å². The summed E-state index contributed by atoms with van der Waals surface area (Å²) in [4.78, 5) is 19.8. The van der Waals surface area contributed by atoms with Crippen molar-refractivity contribution in [3.05, 3.63) is 59.2 Å². The monoisotopic (exact) mass is 393 g/mol. The van der Waals surface area contributed by atoms with Crippen molar-refractivity contribution in [3.8, 4) is 5.75 Å². The number of amides is 1. The van der Waals surface area contributed by atoms with E-state index in [2.05, 4.69) is 22.9 Å². The molecule has 5 heteroatoms. The quantitative estimate of drug-likeness (QED) is 0.844. The molecule has 1 fully saturated rings. The number of phenols is 1. The summed E-state index contributed by atoms with van der Waals surface area (Å²) < 4.78 is 0. The number of phenolic OH excluding ortho intramolecular Hbond substituents is 1. The lowest BCUT2D eigenvalue weighted by Crippen LogP contribution is -2.37. The third-order valence-corrected chi connectivity index (χ3v) is 6.22. The number of piperidine rings is 1. The number of hydrogen-bond donors (Lipinski definition) is 1. The largest absolute Gasteiger partial charge is 0.508 e. The number of carbonyl (C=O) groups excluding carboxylic acids is 1. The number of nitrogens with zero attached hydrogens (tertiary/aromatic N) is 3. The summed E-state index contributed by atoms with van der Waals surface area (Å²) in [6.07, 6.45) is 4.81. The molecule has 0 aliphatic carbocycles. The Labute approximate surface area is 173 Å². The molecule has 2 aliphatic heterocycles. The molecule has 2 aliphatic rings. The van der Waals surface area contributed by atoms with E-state index in [1.807, 2.05) is 29.2 Å². The van der Waals surface area contributed by atoms with Crippen LogP contribution >= 0.6 is 0 Å². The molecular formula is C24H31N3O2. The normalized spacial score (nSPS) is 17.1. The fourth-order valence-corrected chi connectivity index (χ4v) is 4.38. The van der Waals surface area contributed by atoms with Crippen LogP contribution in [0.5, 0.6) is 5.75 Å². The van der Waals surface area contributed by atoms with E-state index in [1.54, 1.807) is 12.1 Å². The van der Waals surface area contributed by atoms with Gasteiger partial charge in [-0.1, -0.05) is 18.6 Å². The summed E-state index contributed by atoms with van der Waals surface area (Å²) >= 11 is 0. The number of hydrogen-bond acceptors (Lipinski definition) is 4. The van der Waals surface area contributed by atoms with Crippen molar-refractivity contribution in [1.29, 1.82) is 0 Å². The van der Waals surface area contributed by atoms with Crippen molar-refractivity contribution in [2.75, 3.05) is 44.7 Å². The van der Waals surface area contributed by atoms with E-state index in [0.29, 0.717) is 13.1 Å². The van der Waals surface area contributed by atoms with Crippen molar-refractivity contribution in [3.63, 3.8) is 0 Å². The lowest BCUT2D eigenvalue weighted by Gasteiger charge is -2.30. The van der Waals surface area contributed by atoms with E-state index in [1.165, 1.54) is 37.9 Å². The topological polar surface area (TPSA) is 47.0 Å². The molecule has 1 N–H and O–H groups in total. The maximum absolute atomic E-state index is 13.1. The second kappa shape index (κ2) is 8.87. The van der Waals surface area contributed by atoms with Gasteiger partial charge in [0, 0.05) is 44.5 Å². The van der Waals surface area contributed by atoms with Crippen molar-refractivity contribution < 1.29 is 9.90 Å². The van der Waals surface area contributed by atoms with Crippen LogP contribution in [0.4, 0.5) is 5.69 Å². The first kappa shape index (κ1) is 19.8. The maximum atomic E-state index is 13.1. The van der Waals surface area contributed by atoms with Gasteiger partial charge in [-0.3, -0.25) is 4.79 Å². The first-order valence-corrected chi connectivity index (χ1v) is 10.7. The Balaban J connectivity index is 1.40. The number of benzene rings is 2. The summed E-state index contributed by atoms with van der Waals surface area (Å²) in [5, 5.41) is 9.76. The van der Waals surface area contributed by atoms with Crippen LogP contribution in [0.3, 0.4) is 0 Å². The molecule has 0 aromatic heterocycles. The van der Waals surface area contributed by atoms with Gasteiger partial charge < -0.3 is 19.8 Å². The van der Waals surface area contributed by atoms with Crippen LogP contribution in [-0.2, 0) is 13.0 Å². The Morgan fingerprint density at radius 3 is 2.69 bits per heavy atom. The highest BCUT2D eigenvalue weighted by molar-refractivity contribution is 5.95. The third kappa shape index (κ3) is 4.73. The molecule has 2 aromatic rings. The fraction of sp³-hybridized carbons (Fsp3) is 0.458. The summed E-state index contributed by atoms with van der Waals surface area (Å²) in [6.45, 7) is 5.72. The summed E-state index contributed by atoms with van der Waals surface area (Å²) in [6, 6.07) is 13.4. The van der Waals surface area contributed by atoms with Crippen molar-refractivity contribution in [2.45, 2.75) is 32.2 Å². The van der Waals surface area contributed by atoms with Gasteiger partial charge in [0.1, 0.15) is 5.75 Å². The predicted molar refractivity (Wildman–Crippen MR) is 117 cm³/mol. The highest BCUT2D eigenvalue weighted by Crippen LogP contribution is 2.25. The minimum atomic E-state index is 0.0604. The second-order valence-corrected chi connectivity index (χ2v) is 8.30. The minimum Gasteiger partial charge on any atom is -0.508 e. The Hall–Kier alpha value is -2.53. The Bertz CT molecular complexity index is 861. The van der Waals surface area contributed by atoms with Crippen molar-refractivity contribution >= 4 is 11.6 Å². The number of rotatable bonds is 5. The summed E-state index contributed by atoms with van der Waals surface area (Å²) in [7, 11) is 2.10. The molecule has 29 heavy (non-hydrogen) atoms. The zero-order valence-electron chi connectivity index (χ0n) is 17.3. The van der Waals surface area contributed by atoms with Crippen LogP contribution in [0.25, 0.3) is 0 Å². The van der Waals surface area contributed by atoms with Crippen LogP contribution in [0.1, 0.15) is 40.7 Å². The fourth-order valence-electron chi connectivity index (χ4n) is 4.38. The average molecular weight is 394 g/mol. The van der Waals surface area contributed by atoms with Gasteiger partial charge in [-0.15, -0.1) is 0 Å². The van der Waals surface area contributed by atoms with Gasteiger partial charge >= 0.3 is 0 Å². The molecule has 5 nitrogen and oxygen atoms in total. The number of carbonyl (C=O) groups is 1. The number of likely N-dealkylation sites (N-methyl/N-ethyl adjacent to an activating group) is 1. The van der Waals surface area contributed by atoms with Gasteiger partial charge in [0.15, 0.2) is 0 Å². The van der Waals surface area contributed by atoms with Gasteiger partial charge in [0.25, 0.3) is 5.91 Å². The number of likely N-dealkylation sites (tertiary alicyclic amines) is 1. The lowest BCUT2D eigenvalue weighted by atomic mass is 9.99. The molecule has 0 spiro atoms. The van der Waals surface area contributed by atoms with Gasteiger partial charge in [-0.2, -0.15) is 0 Å². The molecule has 0 saturated carbocycles. The molecule has 1 saturated heterocycles. The standard InChI is InChI=1S/C24H31N3O2/c1-25(14-15-26-11-3-2-4-12-26)22-7-5-6-20(16-22)24(29)27-13-10-19-8-9-23(28)17-21(19)18-27/h5-9,16-17,28H,2-4,10-15,18H2,1H3. The zero-order chi connectivity index (χ0) is 20.2. The Kier molecular flexibility index (Phi) is 6.05. The molecule has 0 radical (unpaired) electrons. The Morgan fingerprint density at radius 2 is 1.86 bits per heavy atom. The third-order valence-electron chi connectivity index (χ3n) is 6.22. The predicted octanol–water partition coefficient (Wildman–Crippen LogP) is 3.51. The van der Waals surface area contributed by atoms with E-state index in [9.17, 15) is 9.90 Å². The minimum absolute atomic E-state index is 0.0604. The SMILES string of the molecule is CN(CCN1CCCCC1)c1cccc(C(=O)N2CCc3ccc(O)cc3C2)c1. The van der Waals surface area contributed by atoms with Gasteiger partial charge in [-0.05, 0) is 73.8 Å². The summed E-state index contributed by atoms with van der Waals surface area (Å²) in [5.41, 5.74) is 4.08. The smallest absolute Gasteiger partial charge is 0.254 e. The molecule has 0 atom stereocenters. The first-order valence-electron chi connectivity index (χ1n) is 10.7. The molecular weight excluding hydrogens is 362 g/mol.